The Labute approximate surface area is 126 Å². The number of carbonyl (C=O) groups is 2. The zero-order valence-corrected chi connectivity index (χ0v) is 12.6. The van der Waals surface area contributed by atoms with Crippen LogP contribution in [0.25, 0.3) is 0 Å². The van der Waals surface area contributed by atoms with Crippen molar-refractivity contribution < 1.29 is 14.7 Å². The van der Waals surface area contributed by atoms with Gasteiger partial charge in [0.15, 0.2) is 0 Å². The molecular weight excluding hydrogens is 294 g/mol. The summed E-state index contributed by atoms with van der Waals surface area (Å²) in [4.78, 5) is 22.3. The molecule has 0 spiro atoms. The Hall–Kier alpha value is -1.77. The van der Waals surface area contributed by atoms with E-state index in [0.717, 1.165) is 19.3 Å². The monoisotopic (exact) mass is 313 g/mol. The lowest BCUT2D eigenvalue weighted by Crippen LogP contribution is -2.40. The van der Waals surface area contributed by atoms with Gasteiger partial charge in [-0.1, -0.05) is 5.21 Å². The van der Waals surface area contributed by atoms with Gasteiger partial charge in [0.05, 0.1) is 12.7 Å². The highest BCUT2D eigenvalue weighted by Gasteiger charge is 2.24. The summed E-state index contributed by atoms with van der Waals surface area (Å²) in [5.41, 5.74) is 0.528. The smallest absolute Gasteiger partial charge is 0.325 e. The molecule has 1 aromatic heterocycles. The van der Waals surface area contributed by atoms with Gasteiger partial charge in [-0.3, -0.25) is 4.79 Å². The van der Waals surface area contributed by atoms with Crippen molar-refractivity contribution in [2.45, 2.75) is 43.6 Å². The largest absolute Gasteiger partial charge is 0.480 e. The Bertz CT molecular complexity index is 507. The third-order valence-corrected chi connectivity index (χ3v) is 4.46. The first-order valence-electron chi connectivity index (χ1n) is 6.74. The summed E-state index contributed by atoms with van der Waals surface area (Å²) in [6.07, 6.45) is 6.74. The van der Waals surface area contributed by atoms with Gasteiger partial charge in [-0.05, 0) is 25.5 Å². The third-order valence-electron chi connectivity index (χ3n) is 3.37. The van der Waals surface area contributed by atoms with Crippen LogP contribution in [-0.2, 0) is 17.9 Å². The van der Waals surface area contributed by atoms with Crippen molar-refractivity contribution in [3.63, 3.8) is 0 Å². The van der Waals surface area contributed by atoms with Crippen molar-refractivity contribution in [2.24, 2.45) is 0 Å². The van der Waals surface area contributed by atoms with Crippen LogP contribution in [0.2, 0.25) is 0 Å². The number of urea groups is 1. The average molecular weight is 313 g/mol. The molecule has 2 unspecified atom stereocenters. The number of carboxylic acids is 1. The Kier molecular flexibility index (Phi) is 5.43. The molecule has 21 heavy (non-hydrogen) atoms. The number of rotatable bonds is 6. The lowest BCUT2D eigenvalue weighted by molar-refractivity contribution is -0.137. The van der Waals surface area contributed by atoms with Gasteiger partial charge in [-0.15, -0.1) is 5.10 Å². The van der Waals surface area contributed by atoms with E-state index >= 15 is 0 Å². The van der Waals surface area contributed by atoms with E-state index in [2.05, 4.69) is 27.2 Å². The van der Waals surface area contributed by atoms with Gasteiger partial charge in [-0.2, -0.15) is 11.8 Å². The zero-order chi connectivity index (χ0) is 15.2. The Morgan fingerprint density at radius 2 is 2.33 bits per heavy atom. The van der Waals surface area contributed by atoms with Crippen LogP contribution < -0.4 is 10.6 Å². The highest BCUT2D eigenvalue weighted by Crippen LogP contribution is 2.27. The fourth-order valence-electron chi connectivity index (χ4n) is 2.33. The van der Waals surface area contributed by atoms with E-state index in [0.29, 0.717) is 10.9 Å². The van der Waals surface area contributed by atoms with Crippen LogP contribution in [0.3, 0.4) is 0 Å². The molecule has 1 saturated carbocycles. The van der Waals surface area contributed by atoms with Gasteiger partial charge < -0.3 is 15.7 Å². The zero-order valence-electron chi connectivity index (χ0n) is 11.8. The molecule has 1 heterocycles. The van der Waals surface area contributed by atoms with Gasteiger partial charge in [-0.25, -0.2) is 9.48 Å². The van der Waals surface area contributed by atoms with Gasteiger partial charge in [0.2, 0.25) is 0 Å². The maximum atomic E-state index is 11.8. The quantitative estimate of drug-likeness (QED) is 0.703. The first-order chi connectivity index (χ1) is 10.1. The SMILES string of the molecule is CSC1CCC(NC(=O)NCc2cn(CC(=O)O)nn2)C1. The number of amides is 2. The summed E-state index contributed by atoms with van der Waals surface area (Å²) in [5.74, 6) is -0.985. The molecule has 2 atom stereocenters. The molecule has 2 amide bonds. The summed E-state index contributed by atoms with van der Waals surface area (Å²) in [6.45, 7) is -0.0124. The molecule has 8 nitrogen and oxygen atoms in total. The fraction of sp³-hybridized carbons (Fsp3) is 0.667. The molecule has 1 aliphatic carbocycles. The second-order valence-electron chi connectivity index (χ2n) is 5.00. The summed E-state index contributed by atoms with van der Waals surface area (Å²) in [5, 5.41) is 22.4. The minimum atomic E-state index is -0.985. The van der Waals surface area contributed by atoms with Crippen LogP contribution >= 0.6 is 11.8 Å². The van der Waals surface area contributed by atoms with Crippen molar-refractivity contribution in [1.82, 2.24) is 25.6 Å². The number of hydrogen-bond donors (Lipinski definition) is 3. The number of aliphatic carboxylic acids is 1. The number of aromatic nitrogens is 3. The number of nitrogens with zero attached hydrogens (tertiary/aromatic N) is 3. The third kappa shape index (κ3) is 4.92. The standard InChI is InChI=1S/C12H19N5O3S/c1-21-10-3-2-8(4-10)14-12(20)13-5-9-6-17(16-15-9)7-11(18)19/h6,8,10H,2-5,7H2,1H3,(H,18,19)(H2,13,14,20). The van der Waals surface area contributed by atoms with Crippen LogP contribution in [0.5, 0.6) is 0 Å². The highest BCUT2D eigenvalue weighted by atomic mass is 32.2. The minimum absolute atomic E-state index is 0.226. The van der Waals surface area contributed by atoms with Crippen LogP contribution in [0.1, 0.15) is 25.0 Å². The average Bonchev–Trinajstić information content (AvgIpc) is 3.05. The van der Waals surface area contributed by atoms with Crippen LogP contribution in [0.4, 0.5) is 4.79 Å². The summed E-state index contributed by atoms with van der Waals surface area (Å²) >= 11 is 1.84. The molecule has 0 bridgehead atoms. The van der Waals surface area contributed by atoms with E-state index in [9.17, 15) is 9.59 Å². The van der Waals surface area contributed by atoms with Crippen LogP contribution in [0, 0.1) is 0 Å². The Morgan fingerprint density at radius 1 is 1.52 bits per heavy atom. The Balaban J connectivity index is 1.71. The predicted octanol–water partition coefficient (Wildman–Crippen LogP) is 0.446. The molecule has 0 aromatic carbocycles. The van der Waals surface area contributed by atoms with E-state index in [1.807, 2.05) is 11.8 Å². The second-order valence-corrected chi connectivity index (χ2v) is 6.13. The fourth-order valence-corrected chi connectivity index (χ4v) is 3.12. The van der Waals surface area contributed by atoms with Crippen molar-refractivity contribution in [1.29, 1.82) is 0 Å². The molecule has 3 N–H and O–H groups in total. The van der Waals surface area contributed by atoms with Crippen molar-refractivity contribution in [3.8, 4) is 0 Å². The molecule has 1 aliphatic rings. The van der Waals surface area contributed by atoms with E-state index in [4.69, 9.17) is 5.11 Å². The predicted molar refractivity (Wildman–Crippen MR) is 78.0 cm³/mol. The van der Waals surface area contributed by atoms with E-state index < -0.39 is 5.97 Å². The van der Waals surface area contributed by atoms with Crippen molar-refractivity contribution in [2.75, 3.05) is 6.26 Å². The number of hydrogen-bond acceptors (Lipinski definition) is 5. The normalized spacial score (nSPS) is 21.2. The van der Waals surface area contributed by atoms with E-state index in [1.54, 1.807) is 0 Å². The molecular formula is C12H19N5O3S. The first kappa shape index (κ1) is 15.6. The second kappa shape index (κ2) is 7.30. The molecule has 0 aliphatic heterocycles. The molecule has 0 radical (unpaired) electrons. The van der Waals surface area contributed by atoms with Crippen molar-refractivity contribution >= 4 is 23.8 Å². The van der Waals surface area contributed by atoms with Gasteiger partial charge in [0.1, 0.15) is 12.2 Å². The lowest BCUT2D eigenvalue weighted by atomic mass is 10.2. The van der Waals surface area contributed by atoms with Gasteiger partial charge in [0, 0.05) is 11.3 Å². The maximum Gasteiger partial charge on any atom is 0.325 e. The summed E-state index contributed by atoms with van der Waals surface area (Å²) in [7, 11) is 0. The highest BCUT2D eigenvalue weighted by molar-refractivity contribution is 7.99. The van der Waals surface area contributed by atoms with Gasteiger partial charge >= 0.3 is 12.0 Å². The van der Waals surface area contributed by atoms with Crippen LogP contribution in [-0.4, -0.2) is 49.6 Å². The molecule has 116 valence electrons. The minimum Gasteiger partial charge on any atom is -0.480 e. The topological polar surface area (TPSA) is 109 Å². The number of carbonyl (C=O) groups excluding carboxylic acids is 1. The summed E-state index contributed by atoms with van der Waals surface area (Å²) in [6, 6.07) is -0.000296. The molecule has 2 rings (SSSR count). The van der Waals surface area contributed by atoms with Gasteiger partial charge in [0.25, 0.3) is 0 Å². The Morgan fingerprint density at radius 3 is 3.00 bits per heavy atom. The van der Waals surface area contributed by atoms with E-state index in [-0.39, 0.29) is 25.2 Å². The summed E-state index contributed by atoms with van der Waals surface area (Å²) < 4.78 is 1.22. The molecule has 1 fully saturated rings. The van der Waals surface area contributed by atoms with Crippen LogP contribution in [0.15, 0.2) is 6.20 Å². The molecule has 9 heteroatoms. The number of carboxylic acid groups (broad SMARTS) is 1. The number of nitrogens with one attached hydrogen (secondary N) is 2. The lowest BCUT2D eigenvalue weighted by Gasteiger charge is -2.13. The van der Waals surface area contributed by atoms with E-state index in [1.165, 1.54) is 10.9 Å². The van der Waals surface area contributed by atoms with Crippen molar-refractivity contribution in [3.05, 3.63) is 11.9 Å². The maximum absolute atomic E-state index is 11.8. The number of thioether (sulfide) groups is 1. The molecule has 1 aromatic rings. The first-order valence-corrected chi connectivity index (χ1v) is 8.03. The molecule has 0 saturated heterocycles.